The van der Waals surface area contributed by atoms with Crippen LogP contribution < -0.4 is 10.9 Å². The predicted octanol–water partition coefficient (Wildman–Crippen LogP) is 2.38. The van der Waals surface area contributed by atoms with E-state index >= 15 is 0 Å². The Morgan fingerprint density at radius 2 is 1.96 bits per heavy atom. The first-order valence-electron chi connectivity index (χ1n) is 8.40. The second-order valence-corrected chi connectivity index (χ2v) is 8.27. The summed E-state index contributed by atoms with van der Waals surface area (Å²) in [6, 6.07) is 1.89. The summed E-state index contributed by atoms with van der Waals surface area (Å²) in [4.78, 5) is 38.1. The third-order valence-corrected chi connectivity index (χ3v) is 6.41. The van der Waals surface area contributed by atoms with E-state index in [4.69, 9.17) is 0 Å². The summed E-state index contributed by atoms with van der Waals surface area (Å²) in [7, 11) is 0. The summed E-state index contributed by atoms with van der Waals surface area (Å²) in [5.74, 6) is -0.342. The maximum absolute atomic E-state index is 12.5. The van der Waals surface area contributed by atoms with Crippen LogP contribution in [0.15, 0.2) is 46.2 Å². The minimum Gasteiger partial charge on any atom is -0.349 e. The Kier molecular flexibility index (Phi) is 4.98. The number of thiazole rings is 1. The summed E-state index contributed by atoms with van der Waals surface area (Å²) in [5, 5.41) is 6.02. The van der Waals surface area contributed by atoms with Crippen LogP contribution in [0, 0.1) is 0 Å². The van der Waals surface area contributed by atoms with Gasteiger partial charge in [-0.15, -0.1) is 11.3 Å². The van der Waals surface area contributed by atoms with Gasteiger partial charge in [0.1, 0.15) is 5.56 Å². The lowest BCUT2D eigenvalue weighted by atomic mass is 9.95. The number of nitrogens with zero attached hydrogens (tertiary/aromatic N) is 4. The second-order valence-electron chi connectivity index (χ2n) is 6.13. The molecule has 3 aromatic rings. The Morgan fingerprint density at radius 1 is 1.19 bits per heavy atom. The van der Waals surface area contributed by atoms with Crippen LogP contribution in [0.2, 0.25) is 0 Å². The van der Waals surface area contributed by atoms with Crippen LogP contribution in [-0.2, 0) is 0 Å². The summed E-state index contributed by atoms with van der Waals surface area (Å²) in [6.07, 6.45) is 10.2. The number of hydrogen-bond acceptors (Lipinski definition) is 7. The SMILES string of the molecule is O=C(NC1CCC(Sc2ncccn2)CC1)c1cnc2sccn2c1=O. The Morgan fingerprint density at radius 3 is 2.73 bits per heavy atom. The van der Waals surface area contributed by atoms with Gasteiger partial charge in [-0.25, -0.2) is 15.0 Å². The molecule has 0 aliphatic heterocycles. The van der Waals surface area contributed by atoms with E-state index in [0.29, 0.717) is 10.2 Å². The van der Waals surface area contributed by atoms with Crippen LogP contribution >= 0.6 is 23.1 Å². The quantitative estimate of drug-likeness (QED) is 0.692. The number of amides is 1. The van der Waals surface area contributed by atoms with Gasteiger partial charge in [-0.1, -0.05) is 11.8 Å². The van der Waals surface area contributed by atoms with Gasteiger partial charge in [-0.3, -0.25) is 14.0 Å². The topological polar surface area (TPSA) is 89.2 Å². The Bertz CT molecular complexity index is 964. The Hall–Kier alpha value is -2.26. The number of thioether (sulfide) groups is 1. The number of aromatic nitrogens is 4. The summed E-state index contributed by atoms with van der Waals surface area (Å²) >= 11 is 3.06. The van der Waals surface area contributed by atoms with Gasteiger partial charge in [-0.2, -0.15) is 0 Å². The first-order valence-corrected chi connectivity index (χ1v) is 10.2. The molecule has 0 saturated heterocycles. The van der Waals surface area contributed by atoms with Crippen molar-refractivity contribution in [1.82, 2.24) is 24.7 Å². The molecule has 7 nitrogen and oxygen atoms in total. The molecule has 1 saturated carbocycles. The van der Waals surface area contributed by atoms with Gasteiger partial charge in [0.25, 0.3) is 11.5 Å². The molecule has 3 aromatic heterocycles. The van der Waals surface area contributed by atoms with E-state index in [1.165, 1.54) is 21.9 Å². The molecule has 1 aliphatic carbocycles. The molecule has 0 aromatic carbocycles. The standard InChI is InChI=1S/C17H17N5O2S2/c23-14(13-10-20-17-22(15(13)24)8-9-25-17)21-11-2-4-12(5-3-11)26-16-18-6-1-7-19-16/h1,6-12H,2-5H2,(H,21,23). The summed E-state index contributed by atoms with van der Waals surface area (Å²) in [5.41, 5.74) is -0.227. The fraction of sp³-hybridized carbons (Fsp3) is 0.353. The van der Waals surface area contributed by atoms with Crippen molar-refractivity contribution in [2.75, 3.05) is 0 Å². The molecule has 1 aliphatic rings. The molecule has 0 spiro atoms. The molecule has 1 fully saturated rings. The first-order chi connectivity index (χ1) is 12.7. The predicted molar refractivity (Wildman–Crippen MR) is 101 cm³/mol. The lowest BCUT2D eigenvalue weighted by Crippen LogP contribution is -2.40. The Labute approximate surface area is 157 Å². The number of hydrogen-bond donors (Lipinski definition) is 1. The number of carbonyl (C=O) groups excluding carboxylic acids is 1. The molecule has 0 unspecified atom stereocenters. The van der Waals surface area contributed by atoms with Gasteiger partial charge in [0.15, 0.2) is 10.1 Å². The average Bonchev–Trinajstić information content (AvgIpc) is 3.14. The van der Waals surface area contributed by atoms with E-state index < -0.39 is 0 Å². The molecule has 1 amide bonds. The molecule has 26 heavy (non-hydrogen) atoms. The maximum atomic E-state index is 12.5. The molecule has 4 rings (SSSR count). The molecule has 0 atom stereocenters. The second kappa shape index (κ2) is 7.55. The average molecular weight is 387 g/mol. The van der Waals surface area contributed by atoms with Crippen molar-refractivity contribution in [1.29, 1.82) is 0 Å². The monoisotopic (exact) mass is 387 g/mol. The van der Waals surface area contributed by atoms with Gasteiger partial charge < -0.3 is 5.32 Å². The first kappa shape index (κ1) is 17.2. The molecule has 134 valence electrons. The van der Waals surface area contributed by atoms with Crippen molar-refractivity contribution >= 4 is 34.0 Å². The number of fused-ring (bicyclic) bond motifs is 1. The van der Waals surface area contributed by atoms with Crippen molar-refractivity contribution < 1.29 is 4.79 Å². The van der Waals surface area contributed by atoms with E-state index in [1.54, 1.807) is 41.8 Å². The van der Waals surface area contributed by atoms with E-state index in [1.807, 2.05) is 0 Å². The van der Waals surface area contributed by atoms with Gasteiger partial charge >= 0.3 is 0 Å². The summed E-state index contributed by atoms with van der Waals surface area (Å²) in [6.45, 7) is 0. The van der Waals surface area contributed by atoms with Crippen molar-refractivity contribution in [2.24, 2.45) is 0 Å². The van der Waals surface area contributed by atoms with E-state index in [-0.39, 0.29) is 23.1 Å². The van der Waals surface area contributed by atoms with Crippen LogP contribution in [0.1, 0.15) is 36.0 Å². The normalized spacial score (nSPS) is 20.2. The molecular weight excluding hydrogens is 370 g/mol. The van der Waals surface area contributed by atoms with E-state index in [9.17, 15) is 9.59 Å². The van der Waals surface area contributed by atoms with Crippen LogP contribution in [-0.4, -0.2) is 36.6 Å². The zero-order valence-corrected chi connectivity index (χ0v) is 15.5. The van der Waals surface area contributed by atoms with Crippen molar-refractivity contribution in [3.63, 3.8) is 0 Å². The highest BCUT2D eigenvalue weighted by Gasteiger charge is 2.25. The lowest BCUT2D eigenvalue weighted by molar-refractivity contribution is 0.0926. The van der Waals surface area contributed by atoms with Crippen molar-refractivity contribution in [3.05, 3.63) is 52.2 Å². The molecule has 1 N–H and O–H groups in total. The highest BCUT2D eigenvalue weighted by Crippen LogP contribution is 2.31. The minimum atomic E-state index is -0.342. The highest BCUT2D eigenvalue weighted by molar-refractivity contribution is 7.99. The fourth-order valence-electron chi connectivity index (χ4n) is 3.06. The molecule has 9 heteroatoms. The van der Waals surface area contributed by atoms with E-state index in [0.717, 1.165) is 30.8 Å². The van der Waals surface area contributed by atoms with Crippen molar-refractivity contribution in [3.8, 4) is 0 Å². The van der Waals surface area contributed by atoms with Crippen LogP contribution in [0.4, 0.5) is 0 Å². The highest BCUT2D eigenvalue weighted by atomic mass is 32.2. The fourth-order valence-corrected chi connectivity index (χ4v) is 4.79. The summed E-state index contributed by atoms with van der Waals surface area (Å²) < 4.78 is 1.41. The third-order valence-electron chi connectivity index (χ3n) is 4.41. The molecule has 0 bridgehead atoms. The van der Waals surface area contributed by atoms with Gasteiger partial charge in [0.05, 0.1) is 0 Å². The number of nitrogens with one attached hydrogen (secondary N) is 1. The minimum absolute atomic E-state index is 0.0820. The van der Waals surface area contributed by atoms with E-state index in [2.05, 4.69) is 20.3 Å². The van der Waals surface area contributed by atoms with Crippen LogP contribution in [0.5, 0.6) is 0 Å². The molecule has 0 radical (unpaired) electrons. The van der Waals surface area contributed by atoms with Crippen molar-refractivity contribution in [2.45, 2.75) is 42.1 Å². The molecule has 3 heterocycles. The third kappa shape index (κ3) is 3.63. The maximum Gasteiger partial charge on any atom is 0.271 e. The smallest absolute Gasteiger partial charge is 0.271 e. The Balaban J connectivity index is 1.35. The zero-order chi connectivity index (χ0) is 17.9. The van der Waals surface area contributed by atoms with Crippen LogP contribution in [0.3, 0.4) is 0 Å². The zero-order valence-electron chi connectivity index (χ0n) is 13.9. The molecular formula is C17H17N5O2S2. The van der Waals surface area contributed by atoms with Gasteiger partial charge in [0, 0.05) is 41.5 Å². The number of rotatable bonds is 4. The van der Waals surface area contributed by atoms with Gasteiger partial charge in [-0.05, 0) is 31.7 Å². The largest absolute Gasteiger partial charge is 0.349 e. The van der Waals surface area contributed by atoms with Crippen LogP contribution in [0.25, 0.3) is 4.96 Å². The lowest BCUT2D eigenvalue weighted by Gasteiger charge is -2.28. The van der Waals surface area contributed by atoms with Gasteiger partial charge in [0.2, 0.25) is 0 Å². The number of carbonyl (C=O) groups is 1.